The van der Waals surface area contributed by atoms with E-state index in [9.17, 15) is 4.79 Å². The minimum atomic E-state index is -2.87. The van der Waals surface area contributed by atoms with E-state index >= 15 is 0 Å². The van der Waals surface area contributed by atoms with E-state index < -0.39 is 37.7 Å². The summed E-state index contributed by atoms with van der Waals surface area (Å²) in [4.78, 5) is 25.7. The minimum Gasteiger partial charge on any atom is -0.440 e. The number of carbonyl (C=O) groups excluding carboxylic acids is 1. The monoisotopic (exact) mass is 700 g/mol. The Morgan fingerprint density at radius 1 is 0.957 bits per heavy atom. The number of benzene rings is 3. The molecule has 3 heterocycles. The molecule has 4 atom stereocenters. The molecule has 0 bridgehead atoms. The van der Waals surface area contributed by atoms with Gasteiger partial charge in [0.05, 0.1) is 23.9 Å². The van der Waals surface area contributed by atoms with Gasteiger partial charge in [-0.1, -0.05) is 128 Å². The second-order valence-corrected chi connectivity index (χ2v) is 17.6. The SMILES string of the molecule is CC(C)(C)[Si](OCC1OC(n2cnc3c(N)ncnc32)C(OC(=O)NCc2ccccc2)C1Br)(c1ccccc1)c1ccccc1. The molecule has 3 N–H and O–H groups in total. The highest BCUT2D eigenvalue weighted by Crippen LogP contribution is 2.41. The first-order chi connectivity index (χ1) is 22.2. The Balaban J connectivity index is 1.32. The number of imidazole rings is 1. The van der Waals surface area contributed by atoms with E-state index in [0.717, 1.165) is 15.9 Å². The largest absolute Gasteiger partial charge is 0.440 e. The number of nitrogen functional groups attached to an aromatic ring is 1. The number of alkyl carbamates (subject to hydrolysis) is 1. The number of ether oxygens (including phenoxy) is 2. The van der Waals surface area contributed by atoms with Gasteiger partial charge < -0.3 is 25.0 Å². The van der Waals surface area contributed by atoms with E-state index in [2.05, 4.69) is 106 Å². The highest BCUT2D eigenvalue weighted by Gasteiger charge is 2.53. The van der Waals surface area contributed by atoms with Crippen molar-refractivity contribution in [2.45, 2.75) is 55.6 Å². The molecule has 10 nitrogen and oxygen atoms in total. The number of carbonyl (C=O) groups is 1. The van der Waals surface area contributed by atoms with Gasteiger partial charge in [0, 0.05) is 6.54 Å². The molecule has 0 aliphatic carbocycles. The first-order valence-corrected chi connectivity index (χ1v) is 18.0. The van der Waals surface area contributed by atoms with Crippen molar-refractivity contribution < 1.29 is 18.7 Å². The summed E-state index contributed by atoms with van der Waals surface area (Å²) in [5.41, 5.74) is 7.97. The maximum Gasteiger partial charge on any atom is 0.407 e. The lowest BCUT2D eigenvalue weighted by atomic mass is 10.2. The standard InChI is InChI=1S/C34H37BrN6O4Si/c1-34(2,3)46(24-15-9-5-10-16-24,25-17-11-6-12-18-25)43-20-26-27(35)29(45-33(42)37-19-23-13-7-4-8-14-23)32(44-26)41-22-40-28-30(36)38-21-39-31(28)41/h4-18,21-22,26-27,29,32H,19-20H2,1-3H3,(H,37,42)(H2,36,38,39). The minimum absolute atomic E-state index is 0.224. The number of amides is 1. The second kappa shape index (κ2) is 13.3. The Hall–Kier alpha value is -4.10. The summed E-state index contributed by atoms with van der Waals surface area (Å²) < 4.78 is 21.7. The topological polar surface area (TPSA) is 126 Å². The van der Waals surface area contributed by atoms with Gasteiger partial charge in [-0.05, 0) is 21.0 Å². The quantitative estimate of drug-likeness (QED) is 0.164. The van der Waals surface area contributed by atoms with Gasteiger partial charge in [0.15, 0.2) is 23.8 Å². The highest BCUT2D eigenvalue weighted by molar-refractivity contribution is 9.09. The Morgan fingerprint density at radius 2 is 1.57 bits per heavy atom. The van der Waals surface area contributed by atoms with Crippen LogP contribution in [0.4, 0.5) is 10.6 Å². The first-order valence-electron chi connectivity index (χ1n) is 15.1. The van der Waals surface area contributed by atoms with Crippen molar-refractivity contribution in [1.29, 1.82) is 0 Å². The van der Waals surface area contributed by atoms with Crippen molar-refractivity contribution in [1.82, 2.24) is 24.8 Å². The smallest absolute Gasteiger partial charge is 0.407 e. The average molecular weight is 702 g/mol. The number of nitrogens with one attached hydrogen (secondary N) is 1. The van der Waals surface area contributed by atoms with Crippen LogP contribution in [0.15, 0.2) is 104 Å². The molecular weight excluding hydrogens is 664 g/mol. The van der Waals surface area contributed by atoms with Gasteiger partial charge >= 0.3 is 6.09 Å². The number of nitrogens with zero attached hydrogens (tertiary/aromatic N) is 4. The zero-order chi connectivity index (χ0) is 32.3. The molecule has 1 aliphatic rings. The zero-order valence-electron chi connectivity index (χ0n) is 25.9. The van der Waals surface area contributed by atoms with Crippen LogP contribution in [-0.2, 0) is 20.4 Å². The fourth-order valence-corrected chi connectivity index (χ4v) is 11.4. The van der Waals surface area contributed by atoms with Crippen molar-refractivity contribution >= 4 is 57.7 Å². The molecule has 2 aromatic heterocycles. The van der Waals surface area contributed by atoms with Gasteiger partial charge in [0.25, 0.3) is 8.32 Å². The van der Waals surface area contributed by atoms with E-state index in [1.165, 1.54) is 6.33 Å². The van der Waals surface area contributed by atoms with Crippen molar-refractivity contribution in [3.05, 3.63) is 109 Å². The number of nitrogens with two attached hydrogens (primary N) is 1. The molecule has 6 rings (SSSR count). The Bertz CT molecular complexity index is 1730. The average Bonchev–Trinajstić information content (AvgIpc) is 3.63. The number of hydrogen-bond acceptors (Lipinski definition) is 8. The van der Waals surface area contributed by atoms with E-state index in [4.69, 9.17) is 19.6 Å². The maximum atomic E-state index is 13.2. The van der Waals surface area contributed by atoms with Crippen LogP contribution < -0.4 is 21.4 Å². The number of alkyl halides is 1. The highest BCUT2D eigenvalue weighted by atomic mass is 79.9. The van der Waals surface area contributed by atoms with Crippen LogP contribution in [0.5, 0.6) is 0 Å². The lowest BCUT2D eigenvalue weighted by Gasteiger charge is -2.43. The molecule has 5 aromatic rings. The molecule has 238 valence electrons. The molecule has 0 saturated carbocycles. The Labute approximate surface area is 277 Å². The summed E-state index contributed by atoms with van der Waals surface area (Å²) >= 11 is 3.85. The second-order valence-electron chi connectivity index (χ2n) is 12.3. The van der Waals surface area contributed by atoms with Gasteiger partial charge in [-0.2, -0.15) is 0 Å². The van der Waals surface area contributed by atoms with Crippen LogP contribution in [0.2, 0.25) is 5.04 Å². The lowest BCUT2D eigenvalue weighted by molar-refractivity contribution is -0.0500. The van der Waals surface area contributed by atoms with E-state index in [0.29, 0.717) is 17.7 Å². The maximum absolute atomic E-state index is 13.2. The molecule has 0 spiro atoms. The molecule has 1 saturated heterocycles. The number of fused-ring (bicyclic) bond motifs is 1. The molecule has 1 amide bonds. The molecular formula is C34H37BrN6O4Si. The van der Waals surface area contributed by atoms with E-state index in [1.807, 2.05) is 42.5 Å². The summed E-state index contributed by atoms with van der Waals surface area (Å²) in [6.07, 6.45) is 0.386. The summed E-state index contributed by atoms with van der Waals surface area (Å²) in [7, 11) is -2.87. The lowest BCUT2D eigenvalue weighted by Crippen LogP contribution is -2.67. The summed E-state index contributed by atoms with van der Waals surface area (Å²) in [5.74, 6) is 0.252. The fraction of sp³-hybridized carbons (Fsp3) is 0.294. The molecule has 0 radical (unpaired) electrons. The number of aromatic nitrogens is 4. The third-order valence-corrected chi connectivity index (χ3v) is 14.4. The van der Waals surface area contributed by atoms with Gasteiger partial charge in [-0.25, -0.2) is 19.7 Å². The number of rotatable bonds is 9. The summed E-state index contributed by atoms with van der Waals surface area (Å²) in [6, 6.07) is 30.5. The summed E-state index contributed by atoms with van der Waals surface area (Å²) in [5, 5.41) is 4.96. The third-order valence-electron chi connectivity index (χ3n) is 8.33. The predicted octanol–water partition coefficient (Wildman–Crippen LogP) is 4.94. The van der Waals surface area contributed by atoms with Crippen molar-refractivity contribution in [2.75, 3.05) is 12.3 Å². The Kier molecular flexibility index (Phi) is 9.23. The van der Waals surface area contributed by atoms with Gasteiger partial charge in [0.1, 0.15) is 11.8 Å². The van der Waals surface area contributed by atoms with Crippen LogP contribution in [-0.4, -0.2) is 57.6 Å². The first kappa shape index (κ1) is 31.9. The molecule has 12 heteroatoms. The zero-order valence-corrected chi connectivity index (χ0v) is 28.5. The van der Waals surface area contributed by atoms with Gasteiger partial charge in [-0.3, -0.25) is 4.57 Å². The third kappa shape index (κ3) is 6.17. The van der Waals surface area contributed by atoms with Crippen molar-refractivity contribution in [3.63, 3.8) is 0 Å². The van der Waals surface area contributed by atoms with Crippen LogP contribution >= 0.6 is 15.9 Å². The van der Waals surface area contributed by atoms with Crippen molar-refractivity contribution in [3.8, 4) is 0 Å². The fourth-order valence-electron chi connectivity index (χ4n) is 6.14. The molecule has 4 unspecified atom stereocenters. The van der Waals surface area contributed by atoms with Crippen LogP contribution in [0.25, 0.3) is 11.2 Å². The van der Waals surface area contributed by atoms with Crippen LogP contribution in [0, 0.1) is 0 Å². The number of anilines is 1. The summed E-state index contributed by atoms with van der Waals surface area (Å²) in [6.45, 7) is 7.26. The molecule has 46 heavy (non-hydrogen) atoms. The predicted molar refractivity (Wildman–Crippen MR) is 183 cm³/mol. The Morgan fingerprint density at radius 3 is 2.17 bits per heavy atom. The van der Waals surface area contributed by atoms with Gasteiger partial charge in [0.2, 0.25) is 0 Å². The number of hydrogen-bond donors (Lipinski definition) is 2. The molecule has 1 aliphatic heterocycles. The van der Waals surface area contributed by atoms with Crippen LogP contribution in [0.3, 0.4) is 0 Å². The van der Waals surface area contributed by atoms with Crippen molar-refractivity contribution in [2.24, 2.45) is 0 Å². The molecule has 3 aromatic carbocycles. The van der Waals surface area contributed by atoms with E-state index in [-0.39, 0.29) is 17.5 Å². The normalized spacial score (nSPS) is 20.1. The van der Waals surface area contributed by atoms with Crippen LogP contribution in [0.1, 0.15) is 32.6 Å². The van der Waals surface area contributed by atoms with Gasteiger partial charge in [-0.15, -0.1) is 0 Å². The number of halogens is 1. The molecule has 1 fully saturated rings. The van der Waals surface area contributed by atoms with E-state index in [1.54, 1.807) is 10.9 Å².